The minimum atomic E-state index is -0.572. The average Bonchev–Trinajstić information content (AvgIpc) is 3.31. The van der Waals surface area contributed by atoms with Crippen LogP contribution in [0.5, 0.6) is 5.75 Å². The first-order chi connectivity index (χ1) is 19.0. The van der Waals surface area contributed by atoms with Gasteiger partial charge in [0, 0.05) is 30.3 Å². The first-order valence-corrected chi connectivity index (χ1v) is 13.2. The Balaban J connectivity index is 1.14. The number of para-hydroxylation sites is 1. The number of nitrogens with zero attached hydrogens (tertiary/aromatic N) is 1. The van der Waals surface area contributed by atoms with Gasteiger partial charge in [-0.15, -0.1) is 0 Å². The van der Waals surface area contributed by atoms with Crippen molar-refractivity contribution in [2.24, 2.45) is 0 Å². The third kappa shape index (κ3) is 5.20. The number of nitrogens with one attached hydrogen (secondary N) is 2. The molecule has 3 N–H and O–H groups in total. The molecule has 39 heavy (non-hydrogen) atoms. The molecule has 4 atom stereocenters. The predicted octanol–water partition coefficient (Wildman–Crippen LogP) is 4.44. The fourth-order valence-corrected chi connectivity index (χ4v) is 5.85. The van der Waals surface area contributed by atoms with Crippen molar-refractivity contribution in [2.45, 2.75) is 50.0 Å². The van der Waals surface area contributed by atoms with E-state index in [9.17, 15) is 19.1 Å². The molecule has 1 saturated heterocycles. The van der Waals surface area contributed by atoms with Crippen LogP contribution in [-0.4, -0.2) is 53.4 Å². The van der Waals surface area contributed by atoms with Crippen LogP contribution in [0.3, 0.4) is 0 Å². The van der Waals surface area contributed by atoms with Crippen LogP contribution in [0.2, 0.25) is 0 Å². The fourth-order valence-electron chi connectivity index (χ4n) is 5.85. The van der Waals surface area contributed by atoms with Crippen LogP contribution in [0.25, 0.3) is 0 Å². The number of ether oxygens (including phenoxy) is 2. The van der Waals surface area contributed by atoms with Gasteiger partial charge in [-0.3, -0.25) is 4.79 Å². The van der Waals surface area contributed by atoms with E-state index in [4.69, 9.17) is 9.47 Å². The van der Waals surface area contributed by atoms with E-state index in [2.05, 4.69) is 22.8 Å². The highest BCUT2D eigenvalue weighted by Crippen LogP contribution is 2.47. The van der Waals surface area contributed by atoms with Gasteiger partial charge in [0.05, 0.1) is 24.8 Å². The lowest BCUT2D eigenvalue weighted by Crippen LogP contribution is -2.48. The van der Waals surface area contributed by atoms with Crippen molar-refractivity contribution < 1.29 is 28.6 Å². The highest BCUT2D eigenvalue weighted by Gasteiger charge is 2.46. The summed E-state index contributed by atoms with van der Waals surface area (Å²) in [6, 6.07) is 18.9. The number of hydrogen-bond acceptors (Lipinski definition) is 5. The quantitative estimate of drug-likeness (QED) is 0.452. The van der Waals surface area contributed by atoms with Gasteiger partial charge in [0.2, 0.25) is 5.91 Å². The minimum absolute atomic E-state index is 0.0315. The first-order valence-electron chi connectivity index (χ1n) is 13.2. The largest absolute Gasteiger partial charge is 0.487 e. The van der Waals surface area contributed by atoms with E-state index in [0.29, 0.717) is 30.9 Å². The highest BCUT2D eigenvalue weighted by atomic mass is 19.1. The zero-order valence-electron chi connectivity index (χ0n) is 21.3. The molecule has 3 aromatic rings. The third-order valence-electron chi connectivity index (χ3n) is 7.76. The molecule has 1 fully saturated rings. The molecule has 3 aromatic carbocycles. The second-order valence-electron chi connectivity index (χ2n) is 10.3. The molecule has 0 aliphatic carbocycles. The van der Waals surface area contributed by atoms with E-state index < -0.39 is 18.0 Å². The molecular weight excluding hydrogens is 501 g/mol. The number of hydrogen-bond donors (Lipinski definition) is 3. The van der Waals surface area contributed by atoms with Crippen molar-refractivity contribution in [3.8, 4) is 5.75 Å². The number of halogens is 1. The third-order valence-corrected chi connectivity index (χ3v) is 7.76. The van der Waals surface area contributed by atoms with E-state index in [1.807, 2.05) is 23.1 Å². The lowest BCUT2D eigenvalue weighted by molar-refractivity contribution is -0.149. The predicted molar refractivity (Wildman–Crippen MR) is 143 cm³/mol. The number of carbonyl (C=O) groups is 2. The van der Waals surface area contributed by atoms with Gasteiger partial charge in [0.1, 0.15) is 23.8 Å². The molecule has 3 aliphatic heterocycles. The monoisotopic (exact) mass is 531 g/mol. The molecule has 3 heterocycles. The van der Waals surface area contributed by atoms with E-state index in [0.717, 1.165) is 12.0 Å². The van der Waals surface area contributed by atoms with E-state index in [1.54, 1.807) is 24.3 Å². The van der Waals surface area contributed by atoms with Crippen molar-refractivity contribution in [3.05, 3.63) is 89.2 Å². The number of urea groups is 1. The van der Waals surface area contributed by atoms with Gasteiger partial charge in [-0.1, -0.05) is 36.4 Å². The van der Waals surface area contributed by atoms with Gasteiger partial charge >= 0.3 is 6.03 Å². The average molecular weight is 532 g/mol. The van der Waals surface area contributed by atoms with Gasteiger partial charge in [0.15, 0.2) is 0 Å². The summed E-state index contributed by atoms with van der Waals surface area (Å²) in [5, 5.41) is 15.3. The molecule has 8 nitrogen and oxygen atoms in total. The van der Waals surface area contributed by atoms with Gasteiger partial charge < -0.3 is 30.1 Å². The number of anilines is 2. The van der Waals surface area contributed by atoms with Crippen molar-refractivity contribution in [1.82, 2.24) is 4.90 Å². The molecule has 202 valence electrons. The molecule has 3 amide bonds. The van der Waals surface area contributed by atoms with Gasteiger partial charge in [-0.05, 0) is 54.3 Å². The molecule has 0 radical (unpaired) electrons. The number of carbonyl (C=O) groups excluding carboxylic acids is 2. The minimum Gasteiger partial charge on any atom is -0.487 e. The molecule has 0 saturated carbocycles. The molecule has 9 heteroatoms. The van der Waals surface area contributed by atoms with Crippen LogP contribution >= 0.6 is 0 Å². The Hall–Kier alpha value is -3.95. The number of rotatable bonds is 5. The van der Waals surface area contributed by atoms with Crippen molar-refractivity contribution in [3.63, 3.8) is 0 Å². The van der Waals surface area contributed by atoms with Crippen LogP contribution < -0.4 is 15.4 Å². The summed E-state index contributed by atoms with van der Waals surface area (Å²) in [4.78, 5) is 27.6. The summed E-state index contributed by atoms with van der Waals surface area (Å²) in [7, 11) is 0. The number of fused-ring (bicyclic) bond motifs is 4. The van der Waals surface area contributed by atoms with Crippen LogP contribution in [0.4, 0.5) is 20.6 Å². The second kappa shape index (κ2) is 10.7. The van der Waals surface area contributed by atoms with Gasteiger partial charge in [-0.25, -0.2) is 9.18 Å². The van der Waals surface area contributed by atoms with Crippen LogP contribution in [-0.2, 0) is 22.5 Å². The topological polar surface area (TPSA) is 100 Å². The van der Waals surface area contributed by atoms with Crippen LogP contribution in [0.15, 0.2) is 66.7 Å². The van der Waals surface area contributed by atoms with Gasteiger partial charge in [-0.2, -0.15) is 0 Å². The maximum atomic E-state index is 13.9. The van der Waals surface area contributed by atoms with E-state index in [1.165, 1.54) is 23.3 Å². The Labute approximate surface area is 225 Å². The lowest BCUT2D eigenvalue weighted by Gasteiger charge is -2.38. The Bertz CT molecular complexity index is 1400. The molecular formula is C30H30FN3O5. The summed E-state index contributed by atoms with van der Waals surface area (Å²) in [5.41, 5.74) is 3.95. The number of benzene rings is 3. The van der Waals surface area contributed by atoms with Crippen molar-refractivity contribution >= 4 is 23.3 Å². The summed E-state index contributed by atoms with van der Waals surface area (Å²) in [5.74, 6) is 0.0577. The maximum Gasteiger partial charge on any atom is 0.323 e. The summed E-state index contributed by atoms with van der Waals surface area (Å²) in [6.45, 7) is 1.04. The molecule has 6 rings (SSSR count). The SMILES string of the molecule is O=C(Nc1ccc2c(c1)[C@H]1C[C@H](CC(=O)N3CCc4ccccc4C3)O[C@H](CO)[C@H]1O2)Nc1ccccc1F. The Morgan fingerprint density at radius 3 is 2.64 bits per heavy atom. The van der Waals surface area contributed by atoms with E-state index >= 15 is 0 Å². The van der Waals surface area contributed by atoms with Crippen LogP contribution in [0, 0.1) is 5.82 Å². The first kappa shape index (κ1) is 25.3. The molecule has 0 spiro atoms. The van der Waals surface area contributed by atoms with Crippen molar-refractivity contribution in [1.29, 1.82) is 0 Å². The van der Waals surface area contributed by atoms with Gasteiger partial charge in [0.25, 0.3) is 0 Å². The normalized spacial score (nSPS) is 23.2. The molecule has 0 aromatic heterocycles. The molecule has 0 bridgehead atoms. The smallest absolute Gasteiger partial charge is 0.323 e. The highest BCUT2D eigenvalue weighted by molar-refractivity contribution is 6.00. The number of aliphatic hydroxyl groups is 1. The fraction of sp³-hybridized carbons (Fsp3) is 0.333. The summed E-state index contributed by atoms with van der Waals surface area (Å²) >= 11 is 0. The number of amides is 3. The number of aliphatic hydroxyl groups excluding tert-OH is 1. The maximum absolute atomic E-state index is 13.9. The Kier molecular flexibility index (Phi) is 6.93. The molecule has 0 unspecified atom stereocenters. The van der Waals surface area contributed by atoms with Crippen LogP contribution in [0.1, 0.15) is 35.4 Å². The molecule has 3 aliphatic rings. The Morgan fingerprint density at radius 2 is 1.82 bits per heavy atom. The second-order valence-corrected chi connectivity index (χ2v) is 10.3. The summed E-state index contributed by atoms with van der Waals surface area (Å²) < 4.78 is 26.2. The summed E-state index contributed by atoms with van der Waals surface area (Å²) in [6.07, 6.45) is 0.273. The zero-order chi connectivity index (χ0) is 26.9. The zero-order valence-corrected chi connectivity index (χ0v) is 21.3. The lowest BCUT2D eigenvalue weighted by atomic mass is 9.84. The Morgan fingerprint density at radius 1 is 1.03 bits per heavy atom. The van der Waals surface area contributed by atoms with E-state index in [-0.39, 0.29) is 42.7 Å². The standard InChI is InChI=1S/C30H30FN3O5/c31-24-7-3-4-8-25(24)33-30(37)32-20-9-10-26-22(13-20)23-14-21(38-27(17-35)29(23)39-26)15-28(36)34-12-11-18-5-1-2-6-19(18)16-34/h1-10,13,21,23,27,29,35H,11-12,14-17H2,(H2,32,33,37)/t21-,23-,27-,29+/m1/s1. The van der Waals surface area contributed by atoms with Crippen molar-refractivity contribution in [2.75, 3.05) is 23.8 Å².